The summed E-state index contributed by atoms with van der Waals surface area (Å²) in [6.07, 6.45) is 0.743. The zero-order valence-corrected chi connectivity index (χ0v) is 16.6. The van der Waals surface area contributed by atoms with E-state index in [9.17, 15) is 14.7 Å². The maximum Gasteiger partial charge on any atom is 0.308 e. The monoisotopic (exact) mass is 395 g/mol. The van der Waals surface area contributed by atoms with Gasteiger partial charge in [-0.25, -0.2) is 0 Å². The number of carboxylic acid groups (broad SMARTS) is 1. The fraction of sp³-hybridized carbons (Fsp3) is 0.391. The Labute approximate surface area is 170 Å². The van der Waals surface area contributed by atoms with Gasteiger partial charge in [-0.05, 0) is 30.2 Å². The summed E-state index contributed by atoms with van der Waals surface area (Å²) in [5.74, 6) is -0.161. The molecule has 6 heteroatoms. The first-order valence-corrected chi connectivity index (χ1v) is 9.82. The number of ether oxygens (including phenoxy) is 2. The number of hydrogen-bond acceptors (Lipinski definition) is 4. The second kappa shape index (κ2) is 7.78. The van der Waals surface area contributed by atoms with Gasteiger partial charge in [0, 0.05) is 36.4 Å². The van der Waals surface area contributed by atoms with Crippen LogP contribution in [0.15, 0.2) is 48.5 Å². The minimum Gasteiger partial charge on any atom is -0.497 e. The van der Waals surface area contributed by atoms with E-state index >= 15 is 0 Å². The van der Waals surface area contributed by atoms with Crippen molar-refractivity contribution in [2.24, 2.45) is 11.8 Å². The fourth-order valence-electron chi connectivity index (χ4n) is 4.45. The molecular weight excluding hydrogens is 370 g/mol. The molecule has 0 bridgehead atoms. The standard InChI is InChI=1S/C23H25NO5/c1-28-15-8-9-21(29-2)17(10-15)16-11-18(16)22(25)24-12-19(20(13-24)23(26)27)14-6-4-3-5-7-14/h3-10,16,18-20H,11-13H2,1-2H3,(H,26,27). The van der Waals surface area contributed by atoms with Gasteiger partial charge in [-0.2, -0.15) is 0 Å². The van der Waals surface area contributed by atoms with E-state index in [1.54, 1.807) is 19.1 Å². The van der Waals surface area contributed by atoms with Gasteiger partial charge >= 0.3 is 5.97 Å². The second-order valence-corrected chi connectivity index (χ2v) is 7.76. The topological polar surface area (TPSA) is 76.1 Å². The van der Waals surface area contributed by atoms with Gasteiger partial charge in [0.25, 0.3) is 0 Å². The molecule has 4 unspecified atom stereocenters. The summed E-state index contributed by atoms with van der Waals surface area (Å²) < 4.78 is 10.8. The molecule has 1 saturated heterocycles. The van der Waals surface area contributed by atoms with Crippen molar-refractivity contribution in [2.45, 2.75) is 18.3 Å². The SMILES string of the molecule is COc1ccc(OC)c(C2CC2C(=O)N2CC(C(=O)O)C(c3ccccc3)C2)c1. The summed E-state index contributed by atoms with van der Waals surface area (Å²) in [4.78, 5) is 26.7. The lowest BCUT2D eigenvalue weighted by molar-refractivity contribution is -0.142. The molecule has 2 fully saturated rings. The lowest BCUT2D eigenvalue weighted by Crippen LogP contribution is -2.31. The van der Waals surface area contributed by atoms with Crippen LogP contribution in [0.25, 0.3) is 0 Å². The highest BCUT2D eigenvalue weighted by molar-refractivity contribution is 5.85. The van der Waals surface area contributed by atoms with Crippen LogP contribution in [0, 0.1) is 11.8 Å². The third-order valence-electron chi connectivity index (χ3n) is 6.12. The molecule has 4 rings (SSSR count). The van der Waals surface area contributed by atoms with E-state index in [0.717, 1.165) is 29.0 Å². The van der Waals surface area contributed by atoms with E-state index in [1.807, 2.05) is 48.5 Å². The molecular formula is C23H25NO5. The van der Waals surface area contributed by atoms with Crippen molar-refractivity contribution >= 4 is 11.9 Å². The quantitative estimate of drug-likeness (QED) is 0.813. The molecule has 1 aliphatic heterocycles. The third-order valence-corrected chi connectivity index (χ3v) is 6.12. The number of nitrogens with zero attached hydrogens (tertiary/aromatic N) is 1. The maximum atomic E-state index is 13.2. The highest BCUT2D eigenvalue weighted by Gasteiger charge is 2.50. The van der Waals surface area contributed by atoms with Gasteiger partial charge < -0.3 is 19.5 Å². The number of carbonyl (C=O) groups excluding carboxylic acids is 1. The molecule has 2 aromatic carbocycles. The average molecular weight is 395 g/mol. The summed E-state index contributed by atoms with van der Waals surface area (Å²) in [5, 5.41) is 9.69. The Morgan fingerprint density at radius 3 is 2.38 bits per heavy atom. The van der Waals surface area contributed by atoms with Crippen LogP contribution in [-0.4, -0.2) is 49.2 Å². The molecule has 29 heavy (non-hydrogen) atoms. The lowest BCUT2D eigenvalue weighted by Gasteiger charge is -2.17. The molecule has 0 spiro atoms. The van der Waals surface area contributed by atoms with Crippen LogP contribution in [0.1, 0.15) is 29.4 Å². The zero-order valence-electron chi connectivity index (χ0n) is 16.6. The molecule has 152 valence electrons. The minimum atomic E-state index is -0.851. The largest absolute Gasteiger partial charge is 0.497 e. The summed E-state index contributed by atoms with van der Waals surface area (Å²) in [6, 6.07) is 15.2. The molecule has 1 amide bonds. The van der Waals surface area contributed by atoms with Gasteiger partial charge in [0.1, 0.15) is 11.5 Å². The van der Waals surface area contributed by atoms with Gasteiger partial charge in [-0.1, -0.05) is 30.3 Å². The number of carbonyl (C=O) groups is 2. The number of hydrogen-bond donors (Lipinski definition) is 1. The molecule has 1 N–H and O–H groups in total. The van der Waals surface area contributed by atoms with Crippen molar-refractivity contribution < 1.29 is 24.2 Å². The van der Waals surface area contributed by atoms with Gasteiger partial charge in [0.05, 0.1) is 20.1 Å². The van der Waals surface area contributed by atoms with Crippen molar-refractivity contribution in [1.29, 1.82) is 0 Å². The Morgan fingerprint density at radius 1 is 0.966 bits per heavy atom. The third kappa shape index (κ3) is 3.67. The number of rotatable bonds is 6. The van der Waals surface area contributed by atoms with Gasteiger partial charge in [0.15, 0.2) is 0 Å². The minimum absolute atomic E-state index is 0.0320. The summed E-state index contributed by atoms with van der Waals surface area (Å²) in [5.41, 5.74) is 1.94. The van der Waals surface area contributed by atoms with Crippen LogP contribution >= 0.6 is 0 Å². The predicted octanol–water partition coefficient (Wildman–Crippen LogP) is 3.13. The Balaban J connectivity index is 1.51. The molecule has 2 aromatic rings. The molecule has 1 heterocycles. The van der Waals surface area contributed by atoms with Crippen LogP contribution in [0.2, 0.25) is 0 Å². The van der Waals surface area contributed by atoms with Crippen LogP contribution < -0.4 is 9.47 Å². The van der Waals surface area contributed by atoms with Gasteiger partial charge in [-0.15, -0.1) is 0 Å². The Hall–Kier alpha value is -3.02. The first-order valence-electron chi connectivity index (χ1n) is 9.82. The van der Waals surface area contributed by atoms with Crippen LogP contribution in [0.5, 0.6) is 11.5 Å². The number of carboxylic acids is 1. The normalized spacial score (nSPS) is 25.5. The number of benzene rings is 2. The van der Waals surface area contributed by atoms with E-state index in [1.165, 1.54) is 0 Å². The van der Waals surface area contributed by atoms with Gasteiger partial charge in [-0.3, -0.25) is 9.59 Å². The fourth-order valence-corrected chi connectivity index (χ4v) is 4.45. The van der Waals surface area contributed by atoms with E-state index in [-0.39, 0.29) is 30.2 Å². The van der Waals surface area contributed by atoms with Crippen LogP contribution in [-0.2, 0) is 9.59 Å². The first kappa shape index (κ1) is 19.3. The highest BCUT2D eigenvalue weighted by atomic mass is 16.5. The van der Waals surface area contributed by atoms with Crippen LogP contribution in [0.3, 0.4) is 0 Å². The summed E-state index contributed by atoms with van der Waals surface area (Å²) >= 11 is 0. The number of methoxy groups -OCH3 is 2. The van der Waals surface area contributed by atoms with Crippen molar-refractivity contribution in [3.63, 3.8) is 0 Å². The average Bonchev–Trinajstić information content (AvgIpc) is 3.42. The first-order chi connectivity index (χ1) is 14.0. The van der Waals surface area contributed by atoms with Gasteiger partial charge in [0.2, 0.25) is 5.91 Å². The second-order valence-electron chi connectivity index (χ2n) is 7.76. The number of aliphatic carboxylic acids is 1. The molecule has 0 radical (unpaired) electrons. The Bertz CT molecular complexity index is 913. The summed E-state index contributed by atoms with van der Waals surface area (Å²) in [6.45, 7) is 0.699. The number of amides is 1. The Morgan fingerprint density at radius 2 is 1.72 bits per heavy atom. The molecule has 6 nitrogen and oxygen atoms in total. The molecule has 0 aromatic heterocycles. The van der Waals surface area contributed by atoms with Crippen molar-refractivity contribution in [2.75, 3.05) is 27.3 Å². The molecule has 1 saturated carbocycles. The lowest BCUT2D eigenvalue weighted by atomic mass is 9.89. The summed E-state index contributed by atoms with van der Waals surface area (Å²) in [7, 11) is 3.23. The van der Waals surface area contributed by atoms with E-state index < -0.39 is 11.9 Å². The van der Waals surface area contributed by atoms with Crippen molar-refractivity contribution in [3.8, 4) is 11.5 Å². The van der Waals surface area contributed by atoms with E-state index in [0.29, 0.717) is 6.54 Å². The van der Waals surface area contributed by atoms with Crippen LogP contribution in [0.4, 0.5) is 0 Å². The van der Waals surface area contributed by atoms with Crippen molar-refractivity contribution in [3.05, 3.63) is 59.7 Å². The van der Waals surface area contributed by atoms with E-state index in [2.05, 4.69) is 0 Å². The molecule has 4 atom stereocenters. The predicted molar refractivity (Wildman–Crippen MR) is 107 cm³/mol. The molecule has 1 aliphatic carbocycles. The highest BCUT2D eigenvalue weighted by Crippen LogP contribution is 2.52. The maximum absolute atomic E-state index is 13.2. The Kier molecular flexibility index (Phi) is 5.18. The zero-order chi connectivity index (χ0) is 20.5. The number of likely N-dealkylation sites (tertiary alicyclic amines) is 1. The van der Waals surface area contributed by atoms with Crippen molar-refractivity contribution in [1.82, 2.24) is 4.90 Å². The van der Waals surface area contributed by atoms with E-state index in [4.69, 9.17) is 9.47 Å². The smallest absolute Gasteiger partial charge is 0.308 e. The molecule has 2 aliphatic rings.